The molecule has 0 aliphatic heterocycles. The van der Waals surface area contributed by atoms with E-state index in [9.17, 15) is 9.59 Å². The molecule has 6 nitrogen and oxygen atoms in total. The van der Waals surface area contributed by atoms with Gasteiger partial charge >= 0.3 is 5.97 Å². The van der Waals surface area contributed by atoms with Crippen LogP contribution in [-0.2, 0) is 20.9 Å². The second-order valence-corrected chi connectivity index (χ2v) is 6.58. The van der Waals surface area contributed by atoms with Crippen LogP contribution in [0.2, 0.25) is 10.0 Å². The number of rotatable bonds is 7. The molecule has 1 amide bonds. The Morgan fingerprint density at radius 3 is 2.50 bits per heavy atom. The number of para-hydroxylation sites is 2. The van der Waals surface area contributed by atoms with Crippen molar-refractivity contribution < 1.29 is 23.5 Å². The van der Waals surface area contributed by atoms with E-state index >= 15 is 0 Å². The van der Waals surface area contributed by atoms with Crippen LogP contribution in [0.5, 0.6) is 0 Å². The minimum atomic E-state index is -0.758. The fourth-order valence-electron chi connectivity index (χ4n) is 2.60. The van der Waals surface area contributed by atoms with Gasteiger partial charge in [-0.3, -0.25) is 4.79 Å². The summed E-state index contributed by atoms with van der Waals surface area (Å²) in [6, 6.07) is 12.0. The summed E-state index contributed by atoms with van der Waals surface area (Å²) >= 11 is 12.0. The molecule has 0 atom stereocenters. The van der Waals surface area contributed by atoms with Crippen LogP contribution in [-0.4, -0.2) is 25.1 Å². The van der Waals surface area contributed by atoms with Crippen LogP contribution >= 0.6 is 23.2 Å². The quantitative estimate of drug-likeness (QED) is 0.538. The lowest BCUT2D eigenvalue weighted by Gasteiger charge is -2.09. The van der Waals surface area contributed by atoms with Gasteiger partial charge in [0.15, 0.2) is 6.61 Å². The fourth-order valence-corrected chi connectivity index (χ4v) is 3.09. The van der Waals surface area contributed by atoms with Gasteiger partial charge in [-0.2, -0.15) is 0 Å². The first kappa shape index (κ1) is 20.2. The molecule has 1 heterocycles. The molecular weight excluding hydrogens is 405 g/mol. The number of hydrogen-bond donors (Lipinski definition) is 1. The van der Waals surface area contributed by atoms with Crippen molar-refractivity contribution in [1.82, 2.24) is 0 Å². The smallest absolute Gasteiger partial charge is 0.375 e. The van der Waals surface area contributed by atoms with Crippen LogP contribution in [0.15, 0.2) is 46.9 Å². The van der Waals surface area contributed by atoms with Crippen molar-refractivity contribution in [2.24, 2.45) is 0 Å². The third kappa shape index (κ3) is 4.47. The van der Waals surface area contributed by atoms with Gasteiger partial charge in [-0.25, -0.2) is 4.79 Å². The van der Waals surface area contributed by atoms with Crippen LogP contribution in [0.3, 0.4) is 0 Å². The third-order valence-electron chi connectivity index (χ3n) is 3.90. The van der Waals surface area contributed by atoms with E-state index in [-0.39, 0.29) is 28.1 Å². The van der Waals surface area contributed by atoms with Gasteiger partial charge in [-0.05, 0) is 25.1 Å². The zero-order valence-corrected chi connectivity index (χ0v) is 16.5. The Kier molecular flexibility index (Phi) is 6.57. The molecule has 0 fully saturated rings. The van der Waals surface area contributed by atoms with Gasteiger partial charge in [0.05, 0.1) is 22.3 Å². The number of carbonyl (C=O) groups excluding carboxylic acids is 2. The van der Waals surface area contributed by atoms with Crippen molar-refractivity contribution in [1.29, 1.82) is 0 Å². The monoisotopic (exact) mass is 421 g/mol. The summed E-state index contributed by atoms with van der Waals surface area (Å²) in [6.07, 6.45) is 0. The second kappa shape index (κ2) is 9.10. The molecule has 3 aromatic rings. The highest BCUT2D eigenvalue weighted by Crippen LogP contribution is 2.30. The number of nitrogens with one attached hydrogen (secondary N) is 1. The van der Waals surface area contributed by atoms with Gasteiger partial charge in [-0.1, -0.05) is 47.5 Å². The summed E-state index contributed by atoms with van der Waals surface area (Å²) in [6.45, 7) is 2.00. The van der Waals surface area contributed by atoms with E-state index in [0.29, 0.717) is 17.8 Å². The Hall–Kier alpha value is -2.54. The Bertz CT molecular complexity index is 995. The van der Waals surface area contributed by atoms with Crippen molar-refractivity contribution in [2.45, 2.75) is 13.5 Å². The molecule has 146 valence electrons. The van der Waals surface area contributed by atoms with E-state index in [1.807, 2.05) is 19.1 Å². The molecule has 0 saturated carbocycles. The minimum absolute atomic E-state index is 0.0122. The summed E-state index contributed by atoms with van der Waals surface area (Å²) in [4.78, 5) is 24.6. The predicted octanol–water partition coefficient (Wildman–Crippen LogP) is 5.07. The molecule has 8 heteroatoms. The molecule has 0 aliphatic carbocycles. The van der Waals surface area contributed by atoms with Crippen LogP contribution in [0.25, 0.3) is 11.0 Å². The fraction of sp³-hybridized carbons (Fsp3) is 0.200. The number of benzene rings is 2. The summed E-state index contributed by atoms with van der Waals surface area (Å²) in [5.41, 5.74) is 1.38. The number of anilines is 1. The maximum Gasteiger partial charge on any atom is 0.375 e. The number of fused-ring (bicyclic) bond motifs is 1. The summed E-state index contributed by atoms with van der Waals surface area (Å²) in [7, 11) is 0. The first-order chi connectivity index (χ1) is 13.5. The lowest BCUT2D eigenvalue weighted by molar-refractivity contribution is -0.119. The summed E-state index contributed by atoms with van der Waals surface area (Å²) in [5.74, 6) is -1.32. The number of halogens is 2. The molecule has 0 saturated heterocycles. The van der Waals surface area contributed by atoms with E-state index in [2.05, 4.69) is 5.32 Å². The molecule has 0 aliphatic rings. The van der Waals surface area contributed by atoms with Crippen molar-refractivity contribution in [3.8, 4) is 0 Å². The van der Waals surface area contributed by atoms with Gasteiger partial charge in [0, 0.05) is 17.6 Å². The van der Waals surface area contributed by atoms with Crippen LogP contribution in [0.1, 0.15) is 23.0 Å². The Morgan fingerprint density at radius 1 is 1.07 bits per heavy atom. The van der Waals surface area contributed by atoms with Crippen LogP contribution in [0.4, 0.5) is 5.69 Å². The Labute approximate surface area is 171 Å². The molecule has 0 unspecified atom stereocenters. The lowest BCUT2D eigenvalue weighted by atomic mass is 10.1. The largest absolute Gasteiger partial charge is 0.450 e. The maximum absolute atomic E-state index is 12.5. The standard InChI is InChI=1S/C20H17Cl2NO5/c1-2-26-10-13-12-6-3-4-9-16(12)28-19(13)20(25)27-11-17(24)23-18-14(21)7-5-8-15(18)22/h3-9H,2,10-11H2,1H3,(H,23,24). The number of esters is 1. The average Bonchev–Trinajstić information content (AvgIpc) is 3.06. The Balaban J connectivity index is 1.72. The van der Waals surface area contributed by atoms with E-state index in [1.165, 1.54) is 0 Å². The molecule has 1 aromatic heterocycles. The van der Waals surface area contributed by atoms with Crippen LogP contribution < -0.4 is 5.32 Å². The van der Waals surface area contributed by atoms with Gasteiger partial charge in [0.25, 0.3) is 5.91 Å². The van der Waals surface area contributed by atoms with Gasteiger partial charge in [0.1, 0.15) is 5.58 Å². The number of amides is 1. The predicted molar refractivity (Wildman–Crippen MR) is 107 cm³/mol. The molecular formula is C20H17Cl2NO5. The molecule has 0 radical (unpaired) electrons. The Morgan fingerprint density at radius 2 is 1.79 bits per heavy atom. The molecule has 28 heavy (non-hydrogen) atoms. The molecule has 2 aromatic carbocycles. The van der Waals surface area contributed by atoms with Crippen molar-refractivity contribution in [3.05, 3.63) is 63.8 Å². The number of hydrogen-bond acceptors (Lipinski definition) is 5. The maximum atomic E-state index is 12.5. The lowest BCUT2D eigenvalue weighted by Crippen LogP contribution is -2.21. The normalized spacial score (nSPS) is 10.8. The van der Waals surface area contributed by atoms with Crippen LogP contribution in [0, 0.1) is 0 Å². The van der Waals surface area contributed by atoms with Gasteiger partial charge < -0.3 is 19.2 Å². The highest BCUT2D eigenvalue weighted by molar-refractivity contribution is 6.39. The first-order valence-electron chi connectivity index (χ1n) is 8.50. The van der Waals surface area contributed by atoms with Crippen molar-refractivity contribution >= 4 is 51.7 Å². The molecule has 1 N–H and O–H groups in total. The van der Waals surface area contributed by atoms with Crippen molar-refractivity contribution in [3.63, 3.8) is 0 Å². The SMILES string of the molecule is CCOCc1c(C(=O)OCC(=O)Nc2c(Cl)cccc2Cl)oc2ccccc12. The van der Waals surface area contributed by atoms with E-state index in [0.717, 1.165) is 5.39 Å². The zero-order valence-electron chi connectivity index (χ0n) is 15.0. The third-order valence-corrected chi connectivity index (χ3v) is 4.53. The van der Waals surface area contributed by atoms with Gasteiger partial charge in [0.2, 0.25) is 5.76 Å². The topological polar surface area (TPSA) is 77.8 Å². The van der Waals surface area contributed by atoms with E-state index in [4.69, 9.17) is 37.1 Å². The number of ether oxygens (including phenoxy) is 2. The molecule has 0 spiro atoms. The number of furan rings is 1. The molecule has 0 bridgehead atoms. The first-order valence-corrected chi connectivity index (χ1v) is 9.26. The van der Waals surface area contributed by atoms with E-state index < -0.39 is 18.5 Å². The highest BCUT2D eigenvalue weighted by Gasteiger charge is 2.23. The summed E-state index contributed by atoms with van der Waals surface area (Å²) < 4.78 is 16.2. The minimum Gasteiger partial charge on any atom is -0.450 e. The average molecular weight is 422 g/mol. The van der Waals surface area contributed by atoms with Gasteiger partial charge in [-0.15, -0.1) is 0 Å². The summed E-state index contributed by atoms with van der Waals surface area (Å²) in [5, 5.41) is 3.85. The van der Waals surface area contributed by atoms with Crippen molar-refractivity contribution in [2.75, 3.05) is 18.5 Å². The zero-order chi connectivity index (χ0) is 20.1. The molecule has 3 rings (SSSR count). The highest BCUT2D eigenvalue weighted by atomic mass is 35.5. The number of carbonyl (C=O) groups is 2. The van der Waals surface area contributed by atoms with E-state index in [1.54, 1.807) is 30.3 Å². The second-order valence-electron chi connectivity index (χ2n) is 5.76.